The molecule has 1 atom stereocenters. The van der Waals surface area contributed by atoms with E-state index in [0.29, 0.717) is 22.2 Å². The molecule has 2 N–H and O–H groups in total. The van der Waals surface area contributed by atoms with E-state index in [1.807, 2.05) is 0 Å². The SMILES string of the molecule is OC(CNc1cc(Cl)c2c(c1)OCO2)CC(F)(F)F. The minimum Gasteiger partial charge on any atom is -0.453 e. The molecule has 0 saturated carbocycles. The first-order valence-electron chi connectivity index (χ1n) is 5.43. The molecule has 2 rings (SSSR count). The van der Waals surface area contributed by atoms with Crippen LogP contribution < -0.4 is 14.8 Å². The Morgan fingerprint density at radius 3 is 2.79 bits per heavy atom. The van der Waals surface area contributed by atoms with Gasteiger partial charge in [0.05, 0.1) is 17.5 Å². The van der Waals surface area contributed by atoms with Crippen LogP contribution in [0.2, 0.25) is 5.02 Å². The highest BCUT2D eigenvalue weighted by Crippen LogP contribution is 2.41. The Morgan fingerprint density at radius 1 is 1.37 bits per heavy atom. The zero-order valence-corrected chi connectivity index (χ0v) is 10.4. The first-order valence-corrected chi connectivity index (χ1v) is 5.81. The number of aliphatic hydroxyl groups excluding tert-OH is 1. The molecule has 0 radical (unpaired) electrons. The molecule has 4 nitrogen and oxygen atoms in total. The van der Waals surface area contributed by atoms with E-state index in [4.69, 9.17) is 21.1 Å². The number of hydrogen-bond acceptors (Lipinski definition) is 4. The van der Waals surface area contributed by atoms with Crippen LogP contribution in [-0.2, 0) is 0 Å². The van der Waals surface area contributed by atoms with Gasteiger partial charge in [-0.05, 0) is 6.07 Å². The van der Waals surface area contributed by atoms with E-state index in [9.17, 15) is 18.3 Å². The fourth-order valence-electron chi connectivity index (χ4n) is 1.64. The summed E-state index contributed by atoms with van der Waals surface area (Å²) in [5.41, 5.74) is 0.454. The Balaban J connectivity index is 1.95. The van der Waals surface area contributed by atoms with E-state index >= 15 is 0 Å². The van der Waals surface area contributed by atoms with Gasteiger partial charge in [-0.25, -0.2) is 0 Å². The third kappa shape index (κ3) is 3.81. The van der Waals surface area contributed by atoms with Gasteiger partial charge in [0, 0.05) is 18.3 Å². The number of benzene rings is 1. The number of aliphatic hydroxyl groups is 1. The van der Waals surface area contributed by atoms with E-state index in [-0.39, 0.29) is 13.3 Å². The molecule has 106 valence electrons. The van der Waals surface area contributed by atoms with E-state index < -0.39 is 18.7 Å². The van der Waals surface area contributed by atoms with Gasteiger partial charge in [0.15, 0.2) is 11.5 Å². The smallest absolute Gasteiger partial charge is 0.391 e. The van der Waals surface area contributed by atoms with Crippen molar-refractivity contribution in [2.45, 2.75) is 18.7 Å². The van der Waals surface area contributed by atoms with Gasteiger partial charge in [0.2, 0.25) is 6.79 Å². The van der Waals surface area contributed by atoms with Crippen LogP contribution in [0.3, 0.4) is 0 Å². The molecule has 1 heterocycles. The molecule has 0 bridgehead atoms. The van der Waals surface area contributed by atoms with E-state index in [1.54, 1.807) is 6.07 Å². The summed E-state index contributed by atoms with van der Waals surface area (Å²) in [6.45, 7) is -0.190. The van der Waals surface area contributed by atoms with Gasteiger partial charge in [0.25, 0.3) is 0 Å². The van der Waals surface area contributed by atoms with Gasteiger partial charge in [-0.15, -0.1) is 0 Å². The highest BCUT2D eigenvalue weighted by Gasteiger charge is 2.31. The number of ether oxygens (including phenoxy) is 2. The number of halogens is 4. The van der Waals surface area contributed by atoms with Crippen LogP contribution in [0.1, 0.15) is 6.42 Å². The summed E-state index contributed by atoms with van der Waals surface area (Å²) in [6, 6.07) is 3.05. The number of rotatable bonds is 4. The van der Waals surface area contributed by atoms with Crippen LogP contribution in [0.5, 0.6) is 11.5 Å². The van der Waals surface area contributed by atoms with Crippen LogP contribution in [0, 0.1) is 0 Å². The fraction of sp³-hybridized carbons (Fsp3) is 0.455. The predicted molar refractivity (Wildman–Crippen MR) is 62.7 cm³/mol. The molecule has 1 aliphatic heterocycles. The summed E-state index contributed by atoms with van der Waals surface area (Å²) < 4.78 is 46.3. The number of anilines is 1. The minimum atomic E-state index is -4.40. The number of nitrogens with one attached hydrogen (secondary N) is 1. The second-order valence-electron chi connectivity index (χ2n) is 4.05. The molecule has 8 heteroatoms. The van der Waals surface area contributed by atoms with Crippen molar-refractivity contribution in [1.82, 2.24) is 0 Å². The number of fused-ring (bicyclic) bond motifs is 1. The van der Waals surface area contributed by atoms with Crippen molar-refractivity contribution in [3.63, 3.8) is 0 Å². The molecular weight excluding hydrogens is 287 g/mol. The summed E-state index contributed by atoms with van der Waals surface area (Å²) in [5, 5.41) is 12.2. The normalized spacial score (nSPS) is 15.4. The Labute approximate surface area is 112 Å². The molecule has 1 aliphatic rings. The molecule has 1 aromatic carbocycles. The van der Waals surface area contributed by atoms with Gasteiger partial charge >= 0.3 is 6.18 Å². The van der Waals surface area contributed by atoms with Crippen molar-refractivity contribution < 1.29 is 27.8 Å². The maximum Gasteiger partial charge on any atom is 0.391 e. The monoisotopic (exact) mass is 297 g/mol. The molecule has 1 aromatic rings. The van der Waals surface area contributed by atoms with Gasteiger partial charge < -0.3 is 19.9 Å². The zero-order valence-electron chi connectivity index (χ0n) is 9.63. The number of hydrogen-bond donors (Lipinski definition) is 2. The predicted octanol–water partition coefficient (Wildman–Crippen LogP) is 2.79. The summed E-state index contributed by atoms with van der Waals surface area (Å²) in [4.78, 5) is 0. The van der Waals surface area contributed by atoms with Crippen molar-refractivity contribution in [1.29, 1.82) is 0 Å². The second kappa shape index (κ2) is 5.34. The van der Waals surface area contributed by atoms with Crippen LogP contribution in [0.4, 0.5) is 18.9 Å². The lowest BCUT2D eigenvalue weighted by molar-refractivity contribution is -0.151. The molecule has 19 heavy (non-hydrogen) atoms. The molecule has 0 saturated heterocycles. The molecular formula is C11H11ClF3NO3. The molecule has 0 aliphatic carbocycles. The van der Waals surface area contributed by atoms with Crippen LogP contribution in [0.15, 0.2) is 12.1 Å². The highest BCUT2D eigenvalue weighted by atomic mass is 35.5. The maximum atomic E-state index is 12.0. The fourth-order valence-corrected chi connectivity index (χ4v) is 1.91. The third-order valence-corrected chi connectivity index (χ3v) is 2.72. The lowest BCUT2D eigenvalue weighted by Gasteiger charge is -2.15. The Hall–Kier alpha value is -1.34. The van der Waals surface area contributed by atoms with E-state index in [2.05, 4.69) is 5.32 Å². The summed E-state index contributed by atoms with van der Waals surface area (Å²) >= 11 is 5.91. The molecule has 0 spiro atoms. The minimum absolute atomic E-state index is 0.0508. The van der Waals surface area contributed by atoms with Crippen molar-refractivity contribution >= 4 is 17.3 Å². The summed E-state index contributed by atoms with van der Waals surface area (Å²) in [5.74, 6) is 0.823. The maximum absolute atomic E-state index is 12.0. The second-order valence-corrected chi connectivity index (χ2v) is 4.45. The van der Waals surface area contributed by atoms with Crippen molar-refractivity contribution in [2.75, 3.05) is 18.7 Å². The van der Waals surface area contributed by atoms with Gasteiger partial charge in [0.1, 0.15) is 0 Å². The Kier molecular flexibility index (Phi) is 3.96. The highest BCUT2D eigenvalue weighted by molar-refractivity contribution is 6.32. The first-order chi connectivity index (χ1) is 8.85. The van der Waals surface area contributed by atoms with Gasteiger partial charge in [-0.1, -0.05) is 11.6 Å². The van der Waals surface area contributed by atoms with E-state index in [0.717, 1.165) is 0 Å². The zero-order chi connectivity index (χ0) is 14.0. The van der Waals surface area contributed by atoms with E-state index in [1.165, 1.54) is 6.07 Å². The topological polar surface area (TPSA) is 50.7 Å². The average Bonchev–Trinajstić information content (AvgIpc) is 2.72. The third-order valence-electron chi connectivity index (χ3n) is 2.44. The molecule has 0 amide bonds. The quantitative estimate of drug-likeness (QED) is 0.897. The largest absolute Gasteiger partial charge is 0.453 e. The molecule has 1 unspecified atom stereocenters. The summed E-state index contributed by atoms with van der Waals surface area (Å²) in [6.07, 6.45) is -7.18. The Bertz CT molecular complexity index is 467. The number of alkyl halides is 3. The van der Waals surface area contributed by atoms with Crippen LogP contribution >= 0.6 is 11.6 Å². The standard InChI is InChI=1S/C11H11ClF3NO3/c12-8-1-6(2-9-10(8)19-5-18-9)16-4-7(17)3-11(13,14)15/h1-2,7,16-17H,3-5H2. The summed E-state index contributed by atoms with van der Waals surface area (Å²) in [7, 11) is 0. The molecule has 0 fully saturated rings. The lowest BCUT2D eigenvalue weighted by atomic mass is 10.2. The van der Waals surface area contributed by atoms with Crippen molar-refractivity contribution in [3.8, 4) is 11.5 Å². The van der Waals surface area contributed by atoms with Gasteiger partial charge in [-0.2, -0.15) is 13.2 Å². The average molecular weight is 298 g/mol. The molecule has 0 aromatic heterocycles. The Morgan fingerprint density at radius 2 is 2.11 bits per heavy atom. The van der Waals surface area contributed by atoms with Crippen molar-refractivity contribution in [3.05, 3.63) is 17.2 Å². The van der Waals surface area contributed by atoms with Crippen LogP contribution in [0.25, 0.3) is 0 Å². The lowest BCUT2D eigenvalue weighted by Crippen LogP contribution is -2.26. The first kappa shape index (κ1) is 14.1. The van der Waals surface area contributed by atoms with Crippen LogP contribution in [-0.4, -0.2) is 30.7 Å². The van der Waals surface area contributed by atoms with Crippen molar-refractivity contribution in [2.24, 2.45) is 0 Å². The van der Waals surface area contributed by atoms with Gasteiger partial charge in [-0.3, -0.25) is 0 Å².